The molecule has 2 heterocycles. The van der Waals surface area contributed by atoms with Gasteiger partial charge < -0.3 is 9.88 Å². The van der Waals surface area contributed by atoms with Crippen LogP contribution in [0.2, 0.25) is 0 Å². The summed E-state index contributed by atoms with van der Waals surface area (Å²) < 4.78 is 2.15. The van der Waals surface area contributed by atoms with Crippen LogP contribution >= 0.6 is 0 Å². The van der Waals surface area contributed by atoms with Gasteiger partial charge in [-0.15, -0.1) is 0 Å². The zero-order chi connectivity index (χ0) is 12.1. The van der Waals surface area contributed by atoms with E-state index in [1.807, 2.05) is 43.8 Å². The molecule has 2 rings (SSSR count). The van der Waals surface area contributed by atoms with Crippen molar-refractivity contribution >= 4 is 0 Å². The number of pyridine rings is 1. The maximum Gasteiger partial charge on any atom is 0.105 e. The summed E-state index contributed by atoms with van der Waals surface area (Å²) in [5, 5.41) is 3.49. The highest BCUT2D eigenvalue weighted by Crippen LogP contribution is 2.09. The molecule has 0 saturated heterocycles. The molecule has 0 saturated carbocycles. The van der Waals surface area contributed by atoms with Gasteiger partial charge in [-0.05, 0) is 31.5 Å². The molecule has 1 N–H and O–H groups in total. The summed E-state index contributed by atoms with van der Waals surface area (Å²) in [5.74, 6) is 1.06. The fourth-order valence-corrected chi connectivity index (χ4v) is 1.81. The zero-order valence-corrected chi connectivity index (χ0v) is 10.3. The summed E-state index contributed by atoms with van der Waals surface area (Å²) in [6.45, 7) is 6.06. The number of imidazole rings is 1. The van der Waals surface area contributed by atoms with Crippen LogP contribution in [0.5, 0.6) is 0 Å². The molecular weight excluding hydrogens is 212 g/mol. The van der Waals surface area contributed by atoms with Crippen molar-refractivity contribution in [3.8, 4) is 0 Å². The van der Waals surface area contributed by atoms with E-state index in [1.165, 1.54) is 5.56 Å². The van der Waals surface area contributed by atoms with Gasteiger partial charge in [-0.25, -0.2) is 4.98 Å². The quantitative estimate of drug-likeness (QED) is 0.853. The molecule has 1 atom stereocenters. The lowest BCUT2D eigenvalue weighted by Gasteiger charge is -2.14. The second-order valence-electron chi connectivity index (χ2n) is 4.12. The number of hydrogen-bond donors (Lipinski definition) is 1. The van der Waals surface area contributed by atoms with Gasteiger partial charge in [0.2, 0.25) is 0 Å². The van der Waals surface area contributed by atoms with E-state index in [0.29, 0.717) is 6.04 Å². The molecule has 0 aromatic carbocycles. The molecule has 0 aliphatic heterocycles. The van der Waals surface area contributed by atoms with Crippen molar-refractivity contribution in [2.24, 2.45) is 0 Å². The molecule has 17 heavy (non-hydrogen) atoms. The summed E-state index contributed by atoms with van der Waals surface area (Å²) >= 11 is 0. The van der Waals surface area contributed by atoms with Crippen LogP contribution in [-0.4, -0.2) is 21.1 Å². The lowest BCUT2D eigenvalue weighted by Crippen LogP contribution is -2.23. The Balaban J connectivity index is 1.81. The van der Waals surface area contributed by atoms with E-state index in [0.717, 1.165) is 18.9 Å². The number of aromatic nitrogens is 3. The van der Waals surface area contributed by atoms with Crippen LogP contribution in [0.1, 0.15) is 24.4 Å². The molecule has 0 radical (unpaired) electrons. The Morgan fingerprint density at radius 2 is 2.06 bits per heavy atom. The summed E-state index contributed by atoms with van der Waals surface area (Å²) in [7, 11) is 0. The van der Waals surface area contributed by atoms with Crippen molar-refractivity contribution in [2.45, 2.75) is 26.4 Å². The first kappa shape index (κ1) is 11.8. The number of hydrogen-bond acceptors (Lipinski definition) is 3. The monoisotopic (exact) mass is 230 g/mol. The summed E-state index contributed by atoms with van der Waals surface area (Å²) in [4.78, 5) is 8.22. The van der Waals surface area contributed by atoms with Gasteiger partial charge in [0.1, 0.15) is 5.82 Å². The summed E-state index contributed by atoms with van der Waals surface area (Å²) in [6.07, 6.45) is 7.50. The molecule has 0 spiro atoms. The van der Waals surface area contributed by atoms with Gasteiger partial charge >= 0.3 is 0 Å². The van der Waals surface area contributed by atoms with Crippen molar-refractivity contribution < 1.29 is 0 Å². The molecule has 90 valence electrons. The first-order valence-electron chi connectivity index (χ1n) is 5.88. The number of aryl methyl sites for hydroxylation is 1. The molecule has 0 aliphatic rings. The minimum absolute atomic E-state index is 0.349. The van der Waals surface area contributed by atoms with Crippen LogP contribution in [-0.2, 0) is 6.54 Å². The average Bonchev–Trinajstić information content (AvgIpc) is 2.76. The second kappa shape index (κ2) is 5.59. The van der Waals surface area contributed by atoms with Gasteiger partial charge in [-0.3, -0.25) is 4.98 Å². The lowest BCUT2D eigenvalue weighted by molar-refractivity contribution is 0.526. The topological polar surface area (TPSA) is 42.7 Å². The van der Waals surface area contributed by atoms with Crippen molar-refractivity contribution in [1.29, 1.82) is 0 Å². The van der Waals surface area contributed by atoms with Crippen molar-refractivity contribution in [1.82, 2.24) is 19.9 Å². The van der Waals surface area contributed by atoms with Gasteiger partial charge in [-0.2, -0.15) is 0 Å². The molecule has 1 unspecified atom stereocenters. The Kier molecular flexibility index (Phi) is 3.88. The minimum atomic E-state index is 0.349. The third-order valence-electron chi connectivity index (χ3n) is 2.93. The van der Waals surface area contributed by atoms with Crippen LogP contribution in [0.4, 0.5) is 0 Å². The van der Waals surface area contributed by atoms with Crippen LogP contribution in [0.3, 0.4) is 0 Å². The van der Waals surface area contributed by atoms with Crippen molar-refractivity contribution in [2.75, 3.05) is 6.54 Å². The maximum atomic E-state index is 4.20. The van der Waals surface area contributed by atoms with E-state index in [2.05, 4.69) is 26.8 Å². The SMILES string of the molecule is Cc1nccn1CCNC(C)c1ccncc1. The Bertz CT molecular complexity index is 449. The third kappa shape index (κ3) is 3.14. The van der Waals surface area contributed by atoms with Gasteiger partial charge in [0.25, 0.3) is 0 Å². The fraction of sp³-hybridized carbons (Fsp3) is 0.385. The molecule has 4 nitrogen and oxygen atoms in total. The minimum Gasteiger partial charge on any atom is -0.334 e. The third-order valence-corrected chi connectivity index (χ3v) is 2.93. The van der Waals surface area contributed by atoms with Crippen LogP contribution in [0, 0.1) is 6.92 Å². The van der Waals surface area contributed by atoms with E-state index in [-0.39, 0.29) is 0 Å². The summed E-state index contributed by atoms with van der Waals surface area (Å²) in [6, 6.07) is 4.43. The Morgan fingerprint density at radius 3 is 2.71 bits per heavy atom. The van der Waals surface area contributed by atoms with Gasteiger partial charge in [-0.1, -0.05) is 0 Å². The highest BCUT2D eigenvalue weighted by atomic mass is 15.1. The predicted octanol–water partition coefficient (Wildman–Crippen LogP) is 1.94. The number of rotatable bonds is 5. The van der Waals surface area contributed by atoms with Crippen molar-refractivity contribution in [3.05, 3.63) is 48.3 Å². The Hall–Kier alpha value is -1.68. The lowest BCUT2D eigenvalue weighted by atomic mass is 10.1. The maximum absolute atomic E-state index is 4.20. The van der Waals surface area contributed by atoms with Crippen LogP contribution < -0.4 is 5.32 Å². The molecule has 0 amide bonds. The van der Waals surface area contributed by atoms with Crippen LogP contribution in [0.15, 0.2) is 36.9 Å². The number of nitrogens with zero attached hydrogens (tertiary/aromatic N) is 3. The van der Waals surface area contributed by atoms with Crippen LogP contribution in [0.25, 0.3) is 0 Å². The van der Waals surface area contributed by atoms with E-state index >= 15 is 0 Å². The van der Waals surface area contributed by atoms with E-state index < -0.39 is 0 Å². The predicted molar refractivity (Wildman–Crippen MR) is 67.6 cm³/mol. The normalized spacial score (nSPS) is 12.6. The molecular formula is C13H18N4. The molecule has 2 aromatic rings. The summed E-state index contributed by atoms with van der Waals surface area (Å²) in [5.41, 5.74) is 1.27. The highest BCUT2D eigenvalue weighted by molar-refractivity contribution is 5.13. The van der Waals surface area contributed by atoms with E-state index in [1.54, 1.807) is 0 Å². The largest absolute Gasteiger partial charge is 0.334 e. The first-order valence-corrected chi connectivity index (χ1v) is 5.88. The molecule has 4 heteroatoms. The smallest absolute Gasteiger partial charge is 0.105 e. The Labute approximate surface area is 102 Å². The standard InChI is InChI=1S/C13H18N4/c1-11(13-3-5-14-6-4-13)15-7-9-17-10-8-16-12(17)2/h3-6,8,10-11,15H,7,9H2,1-2H3. The fourth-order valence-electron chi connectivity index (χ4n) is 1.81. The zero-order valence-electron chi connectivity index (χ0n) is 10.3. The van der Waals surface area contributed by atoms with Crippen molar-refractivity contribution in [3.63, 3.8) is 0 Å². The molecule has 2 aromatic heterocycles. The van der Waals surface area contributed by atoms with E-state index in [9.17, 15) is 0 Å². The molecule has 0 aliphatic carbocycles. The molecule has 0 bridgehead atoms. The first-order chi connectivity index (χ1) is 8.27. The van der Waals surface area contributed by atoms with Gasteiger partial charge in [0, 0.05) is 43.9 Å². The number of nitrogens with one attached hydrogen (secondary N) is 1. The second-order valence-corrected chi connectivity index (χ2v) is 4.12. The van der Waals surface area contributed by atoms with Gasteiger partial charge in [0.05, 0.1) is 0 Å². The van der Waals surface area contributed by atoms with Gasteiger partial charge in [0.15, 0.2) is 0 Å². The average molecular weight is 230 g/mol. The Morgan fingerprint density at radius 1 is 1.29 bits per heavy atom. The molecule has 0 fully saturated rings. The van der Waals surface area contributed by atoms with E-state index in [4.69, 9.17) is 0 Å². The highest BCUT2D eigenvalue weighted by Gasteiger charge is 2.03.